The molecule has 2 aliphatic heterocycles. The van der Waals surface area contributed by atoms with Crippen molar-refractivity contribution >= 4 is 17.5 Å². The van der Waals surface area contributed by atoms with E-state index in [1.165, 1.54) is 0 Å². The van der Waals surface area contributed by atoms with Gasteiger partial charge in [-0.2, -0.15) is 0 Å². The first-order valence-corrected chi connectivity index (χ1v) is 14.9. The number of benzene rings is 1. The van der Waals surface area contributed by atoms with Crippen molar-refractivity contribution in [2.45, 2.75) is 58.5 Å². The summed E-state index contributed by atoms with van der Waals surface area (Å²) in [6.07, 6.45) is 14.5. The third-order valence-corrected chi connectivity index (χ3v) is 8.30. The zero-order chi connectivity index (χ0) is 29.1. The molecule has 2 heterocycles. The average molecular weight is 562 g/mol. The van der Waals surface area contributed by atoms with Crippen molar-refractivity contribution in [3.05, 3.63) is 58.8 Å². The van der Waals surface area contributed by atoms with E-state index >= 15 is 0 Å². The largest absolute Gasteiger partial charge is 0.493 e. The van der Waals surface area contributed by atoms with Crippen LogP contribution in [0, 0.1) is 5.92 Å². The summed E-state index contributed by atoms with van der Waals surface area (Å²) >= 11 is 0. The molecule has 4 aliphatic rings. The highest BCUT2D eigenvalue weighted by Gasteiger charge is 2.35. The van der Waals surface area contributed by atoms with Crippen LogP contribution in [0.15, 0.2) is 53.3 Å². The first-order valence-electron chi connectivity index (χ1n) is 14.9. The number of ether oxygens (including phenoxy) is 3. The lowest BCUT2D eigenvalue weighted by molar-refractivity contribution is -0.136. The number of fused-ring (bicyclic) bond motifs is 2. The SMILES string of the molecule is COc1cc2c(cc1OC(C)C)C1=C(CO2)C(C(=O)N(C)CCCN(C)C(=O)C2CCC2)=CCN1C1=CCCC=C1. The summed E-state index contributed by atoms with van der Waals surface area (Å²) in [6, 6.07) is 3.86. The molecule has 0 unspecified atom stereocenters. The van der Waals surface area contributed by atoms with Crippen LogP contribution < -0.4 is 14.2 Å². The van der Waals surface area contributed by atoms with Gasteiger partial charge in [-0.3, -0.25) is 9.59 Å². The summed E-state index contributed by atoms with van der Waals surface area (Å²) < 4.78 is 18.0. The molecule has 0 N–H and O–H groups in total. The van der Waals surface area contributed by atoms with Gasteiger partial charge in [-0.15, -0.1) is 0 Å². The predicted molar refractivity (Wildman–Crippen MR) is 160 cm³/mol. The smallest absolute Gasteiger partial charge is 0.253 e. The molecule has 0 aromatic heterocycles. The lowest BCUT2D eigenvalue weighted by atomic mass is 9.84. The van der Waals surface area contributed by atoms with E-state index in [4.69, 9.17) is 14.2 Å². The third-order valence-electron chi connectivity index (χ3n) is 8.30. The van der Waals surface area contributed by atoms with Gasteiger partial charge in [-0.1, -0.05) is 24.6 Å². The number of rotatable bonds is 10. The van der Waals surface area contributed by atoms with Crippen LogP contribution in [0.2, 0.25) is 0 Å². The number of carbonyl (C=O) groups is 2. The molecule has 0 bridgehead atoms. The number of hydrogen-bond donors (Lipinski definition) is 0. The highest BCUT2D eigenvalue weighted by Crippen LogP contribution is 2.46. The molecule has 1 fully saturated rings. The third kappa shape index (κ3) is 6.02. The Morgan fingerprint density at radius 3 is 2.51 bits per heavy atom. The summed E-state index contributed by atoms with van der Waals surface area (Å²) in [5.74, 6) is 2.37. The normalized spacial score (nSPS) is 18.0. The van der Waals surface area contributed by atoms with Crippen molar-refractivity contribution in [2.75, 3.05) is 47.4 Å². The number of allylic oxidation sites excluding steroid dienone is 3. The monoisotopic (exact) mass is 561 g/mol. The Hall–Kier alpha value is -3.68. The van der Waals surface area contributed by atoms with E-state index in [1.807, 2.05) is 51.1 Å². The Morgan fingerprint density at radius 2 is 1.85 bits per heavy atom. The van der Waals surface area contributed by atoms with Gasteiger partial charge in [0.05, 0.1) is 18.9 Å². The molecule has 1 aromatic carbocycles. The highest BCUT2D eigenvalue weighted by molar-refractivity contribution is 6.02. The molecular formula is C33H43N3O5. The maximum Gasteiger partial charge on any atom is 0.253 e. The van der Waals surface area contributed by atoms with Crippen LogP contribution in [-0.4, -0.2) is 80.1 Å². The van der Waals surface area contributed by atoms with Gasteiger partial charge in [-0.05, 0) is 58.1 Å². The van der Waals surface area contributed by atoms with Crippen molar-refractivity contribution in [3.63, 3.8) is 0 Å². The minimum Gasteiger partial charge on any atom is -0.493 e. The quantitative estimate of drug-likeness (QED) is 0.393. The zero-order valence-corrected chi connectivity index (χ0v) is 25.1. The van der Waals surface area contributed by atoms with Crippen molar-refractivity contribution in [3.8, 4) is 17.2 Å². The number of likely N-dealkylation sites (N-methyl/N-ethyl adjacent to an activating group) is 1. The molecule has 5 rings (SSSR count). The molecule has 2 aliphatic carbocycles. The first kappa shape index (κ1) is 28.8. The second-order valence-corrected chi connectivity index (χ2v) is 11.6. The summed E-state index contributed by atoms with van der Waals surface area (Å²) in [7, 11) is 5.34. The minimum atomic E-state index is -0.0301. The van der Waals surface area contributed by atoms with Gasteiger partial charge in [0.2, 0.25) is 5.91 Å². The lowest BCUT2D eigenvalue weighted by Crippen LogP contribution is -2.39. The number of methoxy groups -OCH3 is 1. The minimum absolute atomic E-state index is 0.0277. The van der Waals surface area contributed by atoms with Crippen LogP contribution in [0.4, 0.5) is 0 Å². The molecule has 2 amide bonds. The van der Waals surface area contributed by atoms with E-state index in [9.17, 15) is 9.59 Å². The second-order valence-electron chi connectivity index (χ2n) is 11.6. The number of hydrogen-bond acceptors (Lipinski definition) is 6. The molecular weight excluding hydrogens is 518 g/mol. The number of carbonyl (C=O) groups excluding carboxylic acids is 2. The fraction of sp³-hybridized carbons (Fsp3) is 0.515. The van der Waals surface area contributed by atoms with Crippen LogP contribution in [0.5, 0.6) is 17.2 Å². The molecule has 1 aromatic rings. The molecule has 41 heavy (non-hydrogen) atoms. The van der Waals surface area contributed by atoms with Gasteiger partial charge >= 0.3 is 0 Å². The van der Waals surface area contributed by atoms with Gasteiger partial charge in [-0.25, -0.2) is 0 Å². The maximum absolute atomic E-state index is 13.8. The van der Waals surface area contributed by atoms with Crippen molar-refractivity contribution in [2.24, 2.45) is 5.92 Å². The van der Waals surface area contributed by atoms with E-state index < -0.39 is 0 Å². The van der Waals surface area contributed by atoms with Crippen molar-refractivity contribution in [1.29, 1.82) is 0 Å². The van der Waals surface area contributed by atoms with Crippen LogP contribution in [0.25, 0.3) is 5.70 Å². The Bertz CT molecular complexity index is 1300. The van der Waals surface area contributed by atoms with Gasteiger partial charge in [0, 0.05) is 68.1 Å². The first-order chi connectivity index (χ1) is 19.8. The Labute approximate surface area is 243 Å². The van der Waals surface area contributed by atoms with Gasteiger partial charge in [0.15, 0.2) is 11.5 Å². The molecule has 0 radical (unpaired) electrons. The Balaban J connectivity index is 1.41. The molecule has 0 saturated heterocycles. The summed E-state index contributed by atoms with van der Waals surface area (Å²) in [5, 5.41) is 0. The van der Waals surface area contributed by atoms with Gasteiger partial charge in [0.25, 0.3) is 5.91 Å². The van der Waals surface area contributed by atoms with E-state index in [0.29, 0.717) is 42.5 Å². The summed E-state index contributed by atoms with van der Waals surface area (Å²) in [4.78, 5) is 32.2. The molecule has 1 saturated carbocycles. The number of amides is 2. The predicted octanol–water partition coefficient (Wildman–Crippen LogP) is 5.17. The van der Waals surface area contributed by atoms with Crippen LogP contribution in [-0.2, 0) is 9.59 Å². The van der Waals surface area contributed by atoms with E-state index in [-0.39, 0.29) is 30.4 Å². The molecule has 0 atom stereocenters. The van der Waals surface area contributed by atoms with Crippen molar-refractivity contribution in [1.82, 2.24) is 14.7 Å². The Kier molecular flexibility index (Phi) is 8.76. The summed E-state index contributed by atoms with van der Waals surface area (Å²) in [5.41, 5.74) is 4.53. The second kappa shape index (κ2) is 12.5. The topological polar surface area (TPSA) is 71.5 Å². The molecule has 8 heteroatoms. The van der Waals surface area contributed by atoms with E-state index in [1.54, 1.807) is 12.0 Å². The van der Waals surface area contributed by atoms with E-state index in [2.05, 4.69) is 23.1 Å². The summed E-state index contributed by atoms with van der Waals surface area (Å²) in [6.45, 7) is 6.05. The number of nitrogens with zero attached hydrogens (tertiary/aromatic N) is 3. The van der Waals surface area contributed by atoms with Gasteiger partial charge < -0.3 is 28.9 Å². The van der Waals surface area contributed by atoms with Crippen molar-refractivity contribution < 1.29 is 23.8 Å². The van der Waals surface area contributed by atoms with Crippen LogP contribution in [0.3, 0.4) is 0 Å². The molecule has 8 nitrogen and oxygen atoms in total. The highest BCUT2D eigenvalue weighted by atomic mass is 16.5. The Morgan fingerprint density at radius 1 is 1.07 bits per heavy atom. The van der Waals surface area contributed by atoms with E-state index in [0.717, 1.165) is 61.1 Å². The zero-order valence-electron chi connectivity index (χ0n) is 25.1. The van der Waals surface area contributed by atoms with Crippen LogP contribution in [0.1, 0.15) is 57.9 Å². The molecule has 0 spiro atoms. The fourth-order valence-electron chi connectivity index (χ4n) is 5.82. The lowest BCUT2D eigenvalue weighted by Gasteiger charge is -2.38. The van der Waals surface area contributed by atoms with Gasteiger partial charge in [0.1, 0.15) is 12.4 Å². The maximum atomic E-state index is 13.8. The average Bonchev–Trinajstić information content (AvgIpc) is 2.94. The molecule has 220 valence electrons. The fourth-order valence-corrected chi connectivity index (χ4v) is 5.82. The standard InChI is InChI=1S/C33H43N3O5/c1-22(2)41-30-19-26-28(20-29(30)39-5)40-21-27-25(15-18-36(31(26)27)24-13-7-6-8-14-24)33(38)35(4)17-10-16-34(3)32(37)23-11-9-12-23/h7,13-15,19-20,22-23H,6,8-12,16-18,21H2,1-5H3. The van der Waals surface area contributed by atoms with Crippen LogP contribution >= 0.6 is 0 Å².